The van der Waals surface area contributed by atoms with Gasteiger partial charge in [-0.2, -0.15) is 0 Å². The Morgan fingerprint density at radius 1 is 0.943 bits per heavy atom. The molecule has 4 aromatic carbocycles. The van der Waals surface area contributed by atoms with Crippen LogP contribution in [0.1, 0.15) is 39.9 Å². The van der Waals surface area contributed by atoms with E-state index in [4.69, 9.17) is 4.74 Å². The van der Waals surface area contributed by atoms with Crippen LogP contribution in [-0.4, -0.2) is 10.9 Å². The summed E-state index contributed by atoms with van der Waals surface area (Å²) in [5, 5.41) is 16.8. The second kappa shape index (κ2) is 8.40. The summed E-state index contributed by atoms with van der Waals surface area (Å²) in [5.74, 6) is 0.482. The van der Waals surface area contributed by atoms with E-state index >= 15 is 0 Å². The van der Waals surface area contributed by atoms with E-state index < -0.39 is 10.9 Å². The number of ether oxygens (including phenoxy) is 1. The lowest BCUT2D eigenvalue weighted by atomic mass is 9.76. The van der Waals surface area contributed by atoms with Crippen molar-refractivity contribution >= 4 is 28.1 Å². The number of hydrogen-bond acceptors (Lipinski definition) is 5. The van der Waals surface area contributed by atoms with E-state index in [-0.39, 0.29) is 23.6 Å². The van der Waals surface area contributed by atoms with E-state index in [2.05, 4.69) is 23.5 Å². The molecule has 0 amide bonds. The number of nitrogens with zero attached hydrogens (tertiary/aromatic N) is 1. The molecule has 35 heavy (non-hydrogen) atoms. The first kappa shape index (κ1) is 21.1. The normalized spacial score (nSPS) is 20.1. The largest absolute Gasteiger partial charge is 0.423 e. The van der Waals surface area contributed by atoms with E-state index in [0.717, 1.165) is 34.0 Å². The average Bonchev–Trinajstić information content (AvgIpc) is 3.38. The Hall–Kier alpha value is -4.45. The highest BCUT2D eigenvalue weighted by atomic mass is 16.6. The molecule has 6 nitrogen and oxygen atoms in total. The molecule has 1 aliphatic carbocycles. The zero-order chi connectivity index (χ0) is 23.9. The first-order valence-electron chi connectivity index (χ1n) is 11.6. The number of esters is 1. The van der Waals surface area contributed by atoms with E-state index in [1.165, 1.54) is 12.1 Å². The van der Waals surface area contributed by atoms with E-state index in [0.29, 0.717) is 11.3 Å². The zero-order valence-electron chi connectivity index (χ0n) is 18.8. The fourth-order valence-corrected chi connectivity index (χ4v) is 5.32. The summed E-state index contributed by atoms with van der Waals surface area (Å²) in [7, 11) is 0. The van der Waals surface area contributed by atoms with E-state index in [1.54, 1.807) is 24.3 Å². The van der Waals surface area contributed by atoms with Crippen LogP contribution in [0.3, 0.4) is 0 Å². The Bertz CT molecular complexity index is 1490. The van der Waals surface area contributed by atoms with Gasteiger partial charge in [-0.25, -0.2) is 4.79 Å². The molecule has 0 bridgehead atoms. The SMILES string of the molecule is O=C(Oc1ccc2ccccc2c1)c1cccc2c1N[C@H](c1ccc([N+](=O)[O-])cc1)[C@@H]1CC=C[C@H]21. The highest BCUT2D eigenvalue weighted by Crippen LogP contribution is 2.50. The minimum atomic E-state index is -0.424. The van der Waals surface area contributed by atoms with Gasteiger partial charge in [-0.05, 0) is 52.4 Å². The molecule has 0 saturated heterocycles. The van der Waals surface area contributed by atoms with Crippen LogP contribution < -0.4 is 10.1 Å². The first-order chi connectivity index (χ1) is 17.1. The second-order valence-electron chi connectivity index (χ2n) is 8.99. The van der Waals surface area contributed by atoms with Crippen LogP contribution in [0.5, 0.6) is 5.75 Å². The number of anilines is 1. The van der Waals surface area contributed by atoms with Gasteiger partial charge >= 0.3 is 5.97 Å². The van der Waals surface area contributed by atoms with Crippen LogP contribution in [0, 0.1) is 16.0 Å². The van der Waals surface area contributed by atoms with Crippen LogP contribution in [-0.2, 0) is 0 Å². The molecule has 2 aliphatic rings. The second-order valence-corrected chi connectivity index (χ2v) is 8.99. The van der Waals surface area contributed by atoms with Gasteiger partial charge in [-0.15, -0.1) is 0 Å². The maximum Gasteiger partial charge on any atom is 0.345 e. The van der Waals surface area contributed by atoms with Crippen molar-refractivity contribution in [2.24, 2.45) is 5.92 Å². The van der Waals surface area contributed by atoms with Gasteiger partial charge in [0.25, 0.3) is 5.69 Å². The molecular weight excluding hydrogens is 440 g/mol. The third-order valence-corrected chi connectivity index (χ3v) is 7.01. The standard InChI is InChI=1S/C29H22N2O4/c32-29(35-22-16-13-18-5-1-2-6-20(18)17-22)26-10-4-9-25-23-7-3-8-24(23)27(30-28(25)26)19-11-14-21(15-12-19)31(33)34/h1-7,9-17,23-24,27,30H,8H2/t23-,24+,27+/m0/s1. The number of fused-ring (bicyclic) bond motifs is 4. The van der Waals surface area contributed by atoms with E-state index in [1.807, 2.05) is 42.5 Å². The number of hydrogen-bond donors (Lipinski definition) is 1. The van der Waals surface area contributed by atoms with Crippen LogP contribution in [0.15, 0.2) is 97.1 Å². The van der Waals surface area contributed by atoms with Gasteiger partial charge in [0.1, 0.15) is 5.75 Å². The molecule has 1 aliphatic heterocycles. The van der Waals surface area contributed by atoms with Gasteiger partial charge in [-0.3, -0.25) is 10.1 Å². The maximum absolute atomic E-state index is 13.3. The van der Waals surface area contributed by atoms with Gasteiger partial charge < -0.3 is 10.1 Å². The molecule has 4 aromatic rings. The first-order valence-corrected chi connectivity index (χ1v) is 11.6. The Morgan fingerprint density at radius 2 is 1.74 bits per heavy atom. The number of non-ortho nitro benzene ring substituents is 1. The fourth-order valence-electron chi connectivity index (χ4n) is 5.32. The molecule has 172 valence electrons. The van der Waals surface area contributed by atoms with Gasteiger partial charge in [0.15, 0.2) is 0 Å². The van der Waals surface area contributed by atoms with Gasteiger partial charge in [0, 0.05) is 18.1 Å². The molecule has 1 heterocycles. The number of carbonyl (C=O) groups excluding carboxylic acids is 1. The van der Waals surface area contributed by atoms with Crippen molar-refractivity contribution in [2.45, 2.75) is 18.4 Å². The number of nitrogens with one attached hydrogen (secondary N) is 1. The smallest absolute Gasteiger partial charge is 0.345 e. The minimum Gasteiger partial charge on any atom is -0.423 e. The van der Waals surface area contributed by atoms with Crippen LogP contribution in [0.4, 0.5) is 11.4 Å². The summed E-state index contributed by atoms with van der Waals surface area (Å²) in [4.78, 5) is 24.0. The van der Waals surface area contributed by atoms with Crippen molar-refractivity contribution in [2.75, 3.05) is 5.32 Å². The highest BCUT2D eigenvalue weighted by molar-refractivity contribution is 5.98. The van der Waals surface area contributed by atoms with Crippen molar-refractivity contribution in [1.82, 2.24) is 0 Å². The molecule has 0 fully saturated rings. The molecule has 0 saturated carbocycles. The number of nitro benzene ring substituents is 1. The minimum absolute atomic E-state index is 0.0608. The molecular formula is C29H22N2O4. The molecule has 0 spiro atoms. The number of para-hydroxylation sites is 1. The zero-order valence-corrected chi connectivity index (χ0v) is 18.8. The average molecular weight is 463 g/mol. The highest BCUT2D eigenvalue weighted by Gasteiger charge is 2.39. The molecule has 1 N–H and O–H groups in total. The molecule has 0 unspecified atom stereocenters. The third-order valence-electron chi connectivity index (χ3n) is 7.01. The van der Waals surface area contributed by atoms with Crippen LogP contribution in [0.2, 0.25) is 0 Å². The summed E-state index contributed by atoms with van der Waals surface area (Å²) in [6.45, 7) is 0. The third kappa shape index (κ3) is 3.73. The van der Waals surface area contributed by atoms with Crippen molar-refractivity contribution in [1.29, 1.82) is 0 Å². The van der Waals surface area contributed by atoms with Crippen LogP contribution in [0.25, 0.3) is 10.8 Å². The van der Waals surface area contributed by atoms with Crippen molar-refractivity contribution in [3.05, 3.63) is 124 Å². The lowest BCUT2D eigenvalue weighted by molar-refractivity contribution is -0.384. The van der Waals surface area contributed by atoms with Crippen LogP contribution >= 0.6 is 0 Å². The number of benzene rings is 4. The number of allylic oxidation sites excluding steroid dienone is 2. The van der Waals surface area contributed by atoms with Gasteiger partial charge in [-0.1, -0.05) is 66.7 Å². The molecule has 0 radical (unpaired) electrons. The lowest BCUT2D eigenvalue weighted by Crippen LogP contribution is -2.30. The summed E-state index contributed by atoms with van der Waals surface area (Å²) >= 11 is 0. The Morgan fingerprint density at radius 3 is 2.54 bits per heavy atom. The monoisotopic (exact) mass is 462 g/mol. The number of carbonyl (C=O) groups is 1. The predicted octanol–water partition coefficient (Wildman–Crippen LogP) is 6.79. The molecule has 6 heteroatoms. The number of nitro groups is 1. The molecule has 6 rings (SSSR count). The number of rotatable bonds is 4. The van der Waals surface area contributed by atoms with Crippen molar-refractivity contribution < 1.29 is 14.5 Å². The Balaban J connectivity index is 1.34. The van der Waals surface area contributed by atoms with Gasteiger partial charge in [0.2, 0.25) is 0 Å². The molecule has 3 atom stereocenters. The summed E-state index contributed by atoms with van der Waals surface area (Å²) in [6, 6.07) is 25.8. The summed E-state index contributed by atoms with van der Waals surface area (Å²) < 4.78 is 5.80. The predicted molar refractivity (Wildman–Crippen MR) is 135 cm³/mol. The summed E-state index contributed by atoms with van der Waals surface area (Å²) in [6.07, 6.45) is 5.26. The van der Waals surface area contributed by atoms with Crippen molar-refractivity contribution in [3.63, 3.8) is 0 Å². The quantitative estimate of drug-likeness (QED) is 0.119. The Labute approximate surface area is 202 Å². The Kier molecular flexibility index (Phi) is 5.07. The van der Waals surface area contributed by atoms with E-state index in [9.17, 15) is 14.9 Å². The summed E-state index contributed by atoms with van der Waals surface area (Å²) in [5.41, 5.74) is 3.31. The topological polar surface area (TPSA) is 81.5 Å². The van der Waals surface area contributed by atoms with Gasteiger partial charge in [0.05, 0.1) is 22.2 Å². The molecule has 0 aromatic heterocycles. The lowest BCUT2D eigenvalue weighted by Gasteiger charge is -2.38. The maximum atomic E-state index is 13.3. The van der Waals surface area contributed by atoms with Crippen molar-refractivity contribution in [3.8, 4) is 5.75 Å². The fraction of sp³-hybridized carbons (Fsp3) is 0.138.